The van der Waals surface area contributed by atoms with Crippen LogP contribution in [0.4, 0.5) is 0 Å². The number of rotatable bonds is 4. The van der Waals surface area contributed by atoms with Crippen molar-refractivity contribution in [1.29, 1.82) is 0 Å². The highest BCUT2D eigenvalue weighted by atomic mass is 32.1. The summed E-state index contributed by atoms with van der Waals surface area (Å²) < 4.78 is 1.90. The van der Waals surface area contributed by atoms with Crippen molar-refractivity contribution in [3.63, 3.8) is 0 Å². The van der Waals surface area contributed by atoms with Gasteiger partial charge in [0.15, 0.2) is 5.11 Å². The van der Waals surface area contributed by atoms with E-state index in [0.29, 0.717) is 6.54 Å². The van der Waals surface area contributed by atoms with Crippen molar-refractivity contribution in [2.45, 2.75) is 45.7 Å². The van der Waals surface area contributed by atoms with Gasteiger partial charge in [0.25, 0.3) is 11.8 Å². The normalized spacial score (nSPS) is 21.2. The quantitative estimate of drug-likeness (QED) is 0.453. The number of hydrogen-bond donors (Lipinski definition) is 1. The summed E-state index contributed by atoms with van der Waals surface area (Å²) in [6.45, 7) is 5.28. The van der Waals surface area contributed by atoms with Crippen molar-refractivity contribution in [3.05, 3.63) is 41.6 Å². The molecule has 3 amide bonds. The van der Waals surface area contributed by atoms with Crippen LogP contribution in [0.2, 0.25) is 0 Å². The standard InChI is InChI=1S/C23H26N4O3S/c1-3-26-22(30)18(21(29)24-23(26)31)12-16-13-25(19-10-5-4-9-17(16)19)14-20(28)27-11-7-6-8-15(27)2/h4-5,9-10,12-13,15H,3,6-8,11,14H2,1-2H3,(H,24,29,31)/b18-12+/t15-/m0/s1. The molecule has 8 heteroatoms. The second-order valence-corrected chi connectivity index (χ2v) is 8.41. The predicted molar refractivity (Wildman–Crippen MR) is 123 cm³/mol. The predicted octanol–water partition coefficient (Wildman–Crippen LogP) is 2.69. The Morgan fingerprint density at radius 3 is 2.77 bits per heavy atom. The lowest BCUT2D eigenvalue weighted by atomic mass is 10.0. The molecule has 0 unspecified atom stereocenters. The molecule has 1 N–H and O–H groups in total. The molecule has 2 aliphatic rings. The Morgan fingerprint density at radius 1 is 1.26 bits per heavy atom. The van der Waals surface area contributed by atoms with Gasteiger partial charge in [0.1, 0.15) is 12.1 Å². The molecule has 0 aliphatic carbocycles. The van der Waals surface area contributed by atoms with Crippen LogP contribution in [0, 0.1) is 0 Å². The van der Waals surface area contributed by atoms with Gasteiger partial charge >= 0.3 is 0 Å². The Balaban J connectivity index is 1.69. The fourth-order valence-corrected chi connectivity index (χ4v) is 4.67. The number of fused-ring (bicyclic) bond motifs is 1. The van der Waals surface area contributed by atoms with E-state index in [1.807, 2.05) is 39.9 Å². The molecule has 4 rings (SSSR count). The molecule has 1 aromatic heterocycles. The van der Waals surface area contributed by atoms with Gasteiger partial charge in [-0.05, 0) is 57.5 Å². The molecule has 31 heavy (non-hydrogen) atoms. The van der Waals surface area contributed by atoms with Crippen molar-refractivity contribution >= 4 is 52.0 Å². The van der Waals surface area contributed by atoms with Crippen LogP contribution < -0.4 is 5.32 Å². The third-order valence-electron chi connectivity index (χ3n) is 6.05. The van der Waals surface area contributed by atoms with Crippen LogP contribution in [-0.2, 0) is 20.9 Å². The minimum atomic E-state index is -0.505. The van der Waals surface area contributed by atoms with Gasteiger partial charge in [-0.25, -0.2) is 0 Å². The summed E-state index contributed by atoms with van der Waals surface area (Å²) in [4.78, 5) is 41.6. The van der Waals surface area contributed by atoms with Gasteiger partial charge < -0.3 is 9.47 Å². The fraction of sp³-hybridized carbons (Fsp3) is 0.391. The molecule has 0 radical (unpaired) electrons. The Morgan fingerprint density at radius 2 is 2.03 bits per heavy atom. The van der Waals surface area contributed by atoms with E-state index in [2.05, 4.69) is 12.2 Å². The number of carbonyl (C=O) groups is 3. The molecule has 162 valence electrons. The van der Waals surface area contributed by atoms with Gasteiger partial charge in [0, 0.05) is 41.8 Å². The summed E-state index contributed by atoms with van der Waals surface area (Å²) in [5.74, 6) is -0.831. The molecular formula is C23H26N4O3S. The van der Waals surface area contributed by atoms with E-state index in [0.717, 1.165) is 42.3 Å². The molecule has 0 spiro atoms. The van der Waals surface area contributed by atoms with Crippen molar-refractivity contribution in [3.8, 4) is 0 Å². The molecule has 0 saturated carbocycles. The van der Waals surface area contributed by atoms with E-state index in [4.69, 9.17) is 12.2 Å². The number of likely N-dealkylation sites (N-methyl/N-ethyl adjacent to an activating group) is 1. The van der Waals surface area contributed by atoms with Crippen molar-refractivity contribution < 1.29 is 14.4 Å². The number of para-hydroxylation sites is 1. The largest absolute Gasteiger partial charge is 0.338 e. The van der Waals surface area contributed by atoms with E-state index in [1.54, 1.807) is 13.0 Å². The number of nitrogens with zero attached hydrogens (tertiary/aromatic N) is 3. The van der Waals surface area contributed by atoms with Crippen LogP contribution in [0.1, 0.15) is 38.7 Å². The molecule has 2 aromatic rings. The van der Waals surface area contributed by atoms with Gasteiger partial charge in [0.2, 0.25) is 5.91 Å². The highest BCUT2D eigenvalue weighted by Gasteiger charge is 2.32. The van der Waals surface area contributed by atoms with Crippen molar-refractivity contribution in [2.24, 2.45) is 0 Å². The number of hydrogen-bond acceptors (Lipinski definition) is 4. The zero-order chi connectivity index (χ0) is 22.1. The average Bonchev–Trinajstić information content (AvgIpc) is 3.09. The minimum Gasteiger partial charge on any atom is -0.338 e. The summed E-state index contributed by atoms with van der Waals surface area (Å²) in [6, 6.07) is 7.94. The van der Waals surface area contributed by atoms with E-state index in [-0.39, 0.29) is 29.2 Å². The number of piperidine rings is 1. The molecule has 2 saturated heterocycles. The zero-order valence-corrected chi connectivity index (χ0v) is 18.6. The van der Waals surface area contributed by atoms with E-state index < -0.39 is 11.8 Å². The number of aromatic nitrogens is 1. The molecule has 3 heterocycles. The lowest BCUT2D eigenvalue weighted by Crippen LogP contribution is -2.53. The Hall–Kier alpha value is -3.00. The SMILES string of the molecule is CCN1C(=O)/C(=C/c2cn(CC(=O)N3CCCC[C@@H]3C)c3ccccc23)C(=O)NC1=S. The summed E-state index contributed by atoms with van der Waals surface area (Å²) in [7, 11) is 0. The number of nitrogens with one attached hydrogen (secondary N) is 1. The highest BCUT2D eigenvalue weighted by Crippen LogP contribution is 2.26. The maximum atomic E-state index is 13.0. The fourth-order valence-electron chi connectivity index (χ4n) is 4.36. The van der Waals surface area contributed by atoms with Crippen LogP contribution >= 0.6 is 12.2 Å². The maximum absolute atomic E-state index is 13.0. The van der Waals surface area contributed by atoms with Gasteiger partial charge in [0.05, 0.1) is 0 Å². The Labute approximate surface area is 186 Å². The van der Waals surface area contributed by atoms with Crippen LogP contribution in [-0.4, -0.2) is 56.3 Å². The molecule has 7 nitrogen and oxygen atoms in total. The summed E-state index contributed by atoms with van der Waals surface area (Å²) in [5, 5.41) is 3.58. The second-order valence-electron chi connectivity index (χ2n) is 8.03. The zero-order valence-electron chi connectivity index (χ0n) is 17.8. The third-order valence-corrected chi connectivity index (χ3v) is 6.37. The minimum absolute atomic E-state index is 0.0364. The number of amides is 3. The monoisotopic (exact) mass is 438 g/mol. The summed E-state index contributed by atoms with van der Waals surface area (Å²) in [5.41, 5.74) is 1.64. The van der Waals surface area contributed by atoms with Crippen molar-refractivity contribution in [1.82, 2.24) is 19.7 Å². The first-order valence-electron chi connectivity index (χ1n) is 10.7. The van der Waals surface area contributed by atoms with Crippen LogP contribution in [0.5, 0.6) is 0 Å². The third kappa shape index (κ3) is 3.99. The van der Waals surface area contributed by atoms with Gasteiger partial charge in [-0.1, -0.05) is 18.2 Å². The number of thiocarbonyl (C=S) groups is 1. The first-order valence-corrected chi connectivity index (χ1v) is 11.1. The van der Waals surface area contributed by atoms with Crippen LogP contribution in [0.3, 0.4) is 0 Å². The lowest BCUT2D eigenvalue weighted by Gasteiger charge is -2.33. The summed E-state index contributed by atoms with van der Waals surface area (Å²) >= 11 is 5.10. The first kappa shape index (κ1) is 21.2. The Bertz CT molecular complexity index is 1100. The van der Waals surface area contributed by atoms with Gasteiger partial charge in [-0.3, -0.25) is 24.6 Å². The number of benzene rings is 1. The van der Waals surface area contributed by atoms with Gasteiger partial charge in [-0.15, -0.1) is 0 Å². The smallest absolute Gasteiger partial charge is 0.265 e. The van der Waals surface area contributed by atoms with E-state index in [1.165, 1.54) is 4.90 Å². The lowest BCUT2D eigenvalue weighted by molar-refractivity contribution is -0.135. The van der Waals surface area contributed by atoms with E-state index >= 15 is 0 Å². The second kappa shape index (κ2) is 8.63. The van der Waals surface area contributed by atoms with Gasteiger partial charge in [-0.2, -0.15) is 0 Å². The maximum Gasteiger partial charge on any atom is 0.265 e. The Kier molecular flexibility index (Phi) is 5.91. The molecule has 0 bridgehead atoms. The highest BCUT2D eigenvalue weighted by molar-refractivity contribution is 7.80. The molecular weight excluding hydrogens is 412 g/mol. The van der Waals surface area contributed by atoms with Crippen LogP contribution in [0.15, 0.2) is 36.0 Å². The molecule has 1 atom stereocenters. The van der Waals surface area contributed by atoms with Crippen molar-refractivity contribution in [2.75, 3.05) is 13.1 Å². The average molecular weight is 439 g/mol. The molecule has 2 fully saturated rings. The van der Waals surface area contributed by atoms with Crippen LogP contribution in [0.25, 0.3) is 17.0 Å². The number of carbonyl (C=O) groups excluding carboxylic acids is 3. The number of likely N-dealkylation sites (tertiary alicyclic amines) is 1. The summed E-state index contributed by atoms with van der Waals surface area (Å²) in [6.07, 6.45) is 6.65. The first-order chi connectivity index (χ1) is 14.9. The molecule has 2 aliphatic heterocycles. The topological polar surface area (TPSA) is 74.7 Å². The molecule has 1 aromatic carbocycles. The van der Waals surface area contributed by atoms with E-state index in [9.17, 15) is 14.4 Å².